The minimum absolute atomic E-state index is 0.00468. The van der Waals surface area contributed by atoms with E-state index in [1.807, 2.05) is 34.7 Å². The largest absolute Gasteiger partial charge is 0.393 e. The number of aliphatic hydroxyl groups is 1. The van der Waals surface area contributed by atoms with E-state index in [-0.39, 0.29) is 24.2 Å². The van der Waals surface area contributed by atoms with Gasteiger partial charge in [-0.3, -0.25) is 14.1 Å². The van der Waals surface area contributed by atoms with Crippen LogP contribution in [0.15, 0.2) is 11.6 Å². The highest BCUT2D eigenvalue weighted by Gasteiger charge is 2.31. The van der Waals surface area contributed by atoms with E-state index in [0.717, 1.165) is 36.6 Å². The molecule has 4 rings (SSSR count). The summed E-state index contributed by atoms with van der Waals surface area (Å²) in [4.78, 5) is 22.9. The second-order valence-electron chi connectivity index (χ2n) is 7.44. The Bertz CT molecular complexity index is 771. The topological polar surface area (TPSA) is 70.3 Å². The number of ether oxygens (including phenoxy) is 1. The molecule has 2 aromatic rings. The standard InChI is InChI=1S/C18H26N4O3S/c1-12-9-21(10-13(2)25-12)17(24)16-15(22-7-8-26-18(22)19-16)11-20-5-3-14(23)4-6-20/h7-8,12-14,23H,3-6,9-11H2,1-2H3/t12-,13+. The third-order valence-corrected chi connectivity index (χ3v) is 5.96. The van der Waals surface area contributed by atoms with E-state index < -0.39 is 0 Å². The molecule has 2 aromatic heterocycles. The summed E-state index contributed by atoms with van der Waals surface area (Å²) in [7, 11) is 0. The van der Waals surface area contributed by atoms with Crippen molar-refractivity contribution in [2.24, 2.45) is 0 Å². The molecular formula is C18H26N4O3S. The van der Waals surface area contributed by atoms with Crippen molar-refractivity contribution in [1.82, 2.24) is 19.2 Å². The van der Waals surface area contributed by atoms with E-state index in [1.54, 1.807) is 11.3 Å². The van der Waals surface area contributed by atoms with Crippen LogP contribution < -0.4 is 0 Å². The lowest BCUT2D eigenvalue weighted by molar-refractivity contribution is -0.0587. The van der Waals surface area contributed by atoms with Crippen LogP contribution in [0.2, 0.25) is 0 Å². The molecule has 0 bridgehead atoms. The van der Waals surface area contributed by atoms with Gasteiger partial charge in [0.1, 0.15) is 0 Å². The molecule has 7 nitrogen and oxygen atoms in total. The number of fused-ring (bicyclic) bond motifs is 1. The summed E-state index contributed by atoms with van der Waals surface area (Å²) < 4.78 is 7.80. The number of carbonyl (C=O) groups excluding carboxylic acids is 1. The van der Waals surface area contributed by atoms with E-state index in [2.05, 4.69) is 9.88 Å². The highest BCUT2D eigenvalue weighted by Crippen LogP contribution is 2.23. The number of thiazole rings is 1. The fraction of sp³-hybridized carbons (Fsp3) is 0.667. The maximum Gasteiger partial charge on any atom is 0.274 e. The zero-order chi connectivity index (χ0) is 18.3. The first-order valence-electron chi connectivity index (χ1n) is 9.31. The fourth-order valence-electron chi connectivity index (χ4n) is 3.94. The van der Waals surface area contributed by atoms with E-state index in [1.165, 1.54) is 0 Å². The number of piperidine rings is 1. The van der Waals surface area contributed by atoms with Crippen molar-refractivity contribution in [1.29, 1.82) is 0 Å². The predicted octanol–water partition coefficient (Wildman–Crippen LogP) is 1.60. The zero-order valence-electron chi connectivity index (χ0n) is 15.3. The number of aliphatic hydroxyl groups excluding tert-OH is 1. The molecule has 0 aliphatic carbocycles. The van der Waals surface area contributed by atoms with Gasteiger partial charge < -0.3 is 14.7 Å². The number of morpholine rings is 1. The van der Waals surface area contributed by atoms with Gasteiger partial charge in [0.15, 0.2) is 10.7 Å². The number of aromatic nitrogens is 2. The number of likely N-dealkylation sites (tertiary alicyclic amines) is 1. The van der Waals surface area contributed by atoms with Gasteiger partial charge in [-0.2, -0.15) is 0 Å². The number of hydrogen-bond acceptors (Lipinski definition) is 6. The average Bonchev–Trinajstić information content (AvgIpc) is 3.18. The van der Waals surface area contributed by atoms with Crippen LogP contribution in [0, 0.1) is 0 Å². The first-order chi connectivity index (χ1) is 12.5. The van der Waals surface area contributed by atoms with Crippen LogP contribution in [0.3, 0.4) is 0 Å². The molecule has 0 aromatic carbocycles. The summed E-state index contributed by atoms with van der Waals surface area (Å²) in [5.41, 5.74) is 1.51. The van der Waals surface area contributed by atoms with Gasteiger partial charge in [0.25, 0.3) is 5.91 Å². The molecule has 1 amide bonds. The van der Waals surface area contributed by atoms with Crippen LogP contribution in [0.5, 0.6) is 0 Å². The van der Waals surface area contributed by atoms with Gasteiger partial charge in [-0.1, -0.05) is 0 Å². The van der Waals surface area contributed by atoms with Crippen molar-refractivity contribution in [3.8, 4) is 0 Å². The smallest absolute Gasteiger partial charge is 0.274 e. The quantitative estimate of drug-likeness (QED) is 0.879. The van der Waals surface area contributed by atoms with Gasteiger partial charge in [0.2, 0.25) is 0 Å². The maximum absolute atomic E-state index is 13.2. The molecule has 2 fully saturated rings. The Hall–Kier alpha value is -1.48. The summed E-state index contributed by atoms with van der Waals surface area (Å²) in [6.45, 7) is 7.58. The molecule has 4 heterocycles. The van der Waals surface area contributed by atoms with Crippen LogP contribution in [0.1, 0.15) is 42.9 Å². The van der Waals surface area contributed by atoms with Crippen molar-refractivity contribution in [3.63, 3.8) is 0 Å². The number of nitrogens with zero attached hydrogens (tertiary/aromatic N) is 4. The first kappa shape index (κ1) is 17.9. The lowest BCUT2D eigenvalue weighted by Crippen LogP contribution is -2.48. The Labute approximate surface area is 157 Å². The van der Waals surface area contributed by atoms with Crippen molar-refractivity contribution in [3.05, 3.63) is 23.0 Å². The van der Waals surface area contributed by atoms with Crippen molar-refractivity contribution < 1.29 is 14.6 Å². The van der Waals surface area contributed by atoms with E-state index >= 15 is 0 Å². The third kappa shape index (κ3) is 3.51. The zero-order valence-corrected chi connectivity index (χ0v) is 16.1. The summed E-state index contributed by atoms with van der Waals surface area (Å²) in [5, 5.41) is 11.7. The Kier molecular flexibility index (Phi) is 5.00. The van der Waals surface area contributed by atoms with E-state index in [4.69, 9.17) is 4.74 Å². The lowest BCUT2D eigenvalue weighted by Gasteiger charge is -2.35. The number of rotatable bonds is 3. The molecule has 2 aliphatic heterocycles. The first-order valence-corrected chi connectivity index (χ1v) is 10.2. The van der Waals surface area contributed by atoms with Gasteiger partial charge in [0.05, 0.1) is 24.0 Å². The van der Waals surface area contributed by atoms with Crippen LogP contribution in [-0.4, -0.2) is 74.7 Å². The summed E-state index contributed by atoms with van der Waals surface area (Å²) in [5.74, 6) is -0.00468. The Morgan fingerprint density at radius 1 is 1.31 bits per heavy atom. The Morgan fingerprint density at radius 3 is 2.69 bits per heavy atom. The Morgan fingerprint density at radius 2 is 2.00 bits per heavy atom. The Balaban J connectivity index is 1.60. The number of carbonyl (C=O) groups is 1. The van der Waals surface area contributed by atoms with Gasteiger partial charge in [-0.15, -0.1) is 11.3 Å². The molecule has 142 valence electrons. The van der Waals surface area contributed by atoms with Crippen molar-refractivity contribution in [2.45, 2.75) is 51.5 Å². The van der Waals surface area contributed by atoms with Crippen LogP contribution >= 0.6 is 11.3 Å². The third-order valence-electron chi connectivity index (χ3n) is 5.20. The highest BCUT2D eigenvalue weighted by atomic mass is 32.1. The molecular weight excluding hydrogens is 352 g/mol. The minimum atomic E-state index is -0.199. The summed E-state index contributed by atoms with van der Waals surface area (Å²) in [6.07, 6.45) is 3.44. The average molecular weight is 378 g/mol. The number of amides is 1. The summed E-state index contributed by atoms with van der Waals surface area (Å²) >= 11 is 1.55. The molecule has 0 unspecified atom stereocenters. The van der Waals surface area contributed by atoms with Gasteiger partial charge in [-0.25, -0.2) is 4.98 Å². The molecule has 1 N–H and O–H groups in total. The molecule has 2 saturated heterocycles. The van der Waals surface area contributed by atoms with Crippen molar-refractivity contribution >= 4 is 22.2 Å². The molecule has 2 atom stereocenters. The summed E-state index contributed by atoms with van der Waals surface area (Å²) in [6, 6.07) is 0. The van der Waals surface area contributed by atoms with Gasteiger partial charge in [-0.05, 0) is 26.7 Å². The predicted molar refractivity (Wildman–Crippen MR) is 99.5 cm³/mol. The van der Waals surface area contributed by atoms with Crippen LogP contribution in [0.4, 0.5) is 0 Å². The van der Waals surface area contributed by atoms with E-state index in [0.29, 0.717) is 25.3 Å². The highest BCUT2D eigenvalue weighted by molar-refractivity contribution is 7.15. The van der Waals surface area contributed by atoms with Crippen molar-refractivity contribution in [2.75, 3.05) is 26.2 Å². The normalized spacial score (nSPS) is 25.9. The molecule has 26 heavy (non-hydrogen) atoms. The van der Waals surface area contributed by atoms with Crippen LogP contribution in [-0.2, 0) is 11.3 Å². The van der Waals surface area contributed by atoms with Gasteiger partial charge in [0, 0.05) is 44.3 Å². The molecule has 0 saturated carbocycles. The molecule has 2 aliphatic rings. The molecule has 8 heteroatoms. The lowest BCUT2D eigenvalue weighted by atomic mass is 10.1. The number of hydrogen-bond donors (Lipinski definition) is 1. The molecule has 0 radical (unpaired) electrons. The monoisotopic (exact) mass is 378 g/mol. The molecule has 0 spiro atoms. The van der Waals surface area contributed by atoms with Gasteiger partial charge >= 0.3 is 0 Å². The maximum atomic E-state index is 13.2. The number of imidazole rings is 1. The minimum Gasteiger partial charge on any atom is -0.393 e. The second kappa shape index (κ2) is 7.26. The second-order valence-corrected chi connectivity index (χ2v) is 8.31. The van der Waals surface area contributed by atoms with E-state index in [9.17, 15) is 9.90 Å². The fourth-order valence-corrected chi connectivity index (χ4v) is 4.67. The SMILES string of the molecule is C[C@@H]1CN(C(=O)c2nc3sccn3c2CN2CCC(O)CC2)C[C@H](C)O1. The van der Waals surface area contributed by atoms with Crippen LogP contribution in [0.25, 0.3) is 4.96 Å².